The fraction of sp³-hybridized carbons (Fsp3) is 0.250. The Morgan fingerprint density at radius 2 is 2.29 bits per heavy atom. The molecular formula is C8H8ClN3O2S3. The number of sulfonamides is 1. The zero-order valence-corrected chi connectivity index (χ0v) is 11.9. The zero-order valence-electron chi connectivity index (χ0n) is 8.68. The largest absolute Gasteiger partial charge is 0.252 e. The van der Waals surface area contributed by atoms with Gasteiger partial charge in [0, 0.05) is 5.38 Å². The molecular weight excluding hydrogens is 302 g/mol. The molecule has 17 heavy (non-hydrogen) atoms. The van der Waals surface area contributed by atoms with Crippen molar-refractivity contribution in [2.75, 3.05) is 0 Å². The molecule has 0 aromatic carbocycles. The van der Waals surface area contributed by atoms with Crippen LogP contribution in [0.1, 0.15) is 11.4 Å². The third-order valence-electron chi connectivity index (χ3n) is 1.90. The van der Waals surface area contributed by atoms with Crippen molar-refractivity contribution in [1.82, 2.24) is 14.7 Å². The minimum atomic E-state index is -3.56. The Hall–Kier alpha value is -0.540. The first-order valence-corrected chi connectivity index (χ1v) is 8.11. The lowest BCUT2D eigenvalue weighted by atomic mass is 10.5. The number of nitrogens with zero attached hydrogens (tertiary/aromatic N) is 2. The normalized spacial score (nSPS) is 11.9. The molecule has 0 atom stereocenters. The highest BCUT2D eigenvalue weighted by Gasteiger charge is 2.21. The SMILES string of the molecule is Cc1nc(Cl)sc1S(=O)(=O)NCc1cscn1. The van der Waals surface area contributed by atoms with Crippen LogP contribution in [-0.4, -0.2) is 18.4 Å². The minimum Gasteiger partial charge on any atom is -0.248 e. The van der Waals surface area contributed by atoms with E-state index < -0.39 is 10.0 Å². The van der Waals surface area contributed by atoms with Crippen molar-refractivity contribution in [2.45, 2.75) is 17.7 Å². The monoisotopic (exact) mass is 309 g/mol. The van der Waals surface area contributed by atoms with Crippen LogP contribution in [0, 0.1) is 6.92 Å². The summed E-state index contributed by atoms with van der Waals surface area (Å²) in [5, 5.41) is 1.79. The van der Waals surface area contributed by atoms with Gasteiger partial charge < -0.3 is 0 Å². The van der Waals surface area contributed by atoms with E-state index in [1.165, 1.54) is 11.3 Å². The summed E-state index contributed by atoms with van der Waals surface area (Å²) in [5.74, 6) is 0. The molecule has 2 heterocycles. The highest BCUT2D eigenvalue weighted by atomic mass is 35.5. The fourth-order valence-electron chi connectivity index (χ4n) is 1.16. The van der Waals surface area contributed by atoms with E-state index in [1.807, 2.05) is 0 Å². The zero-order chi connectivity index (χ0) is 12.5. The number of nitrogens with one attached hydrogen (secondary N) is 1. The minimum absolute atomic E-state index is 0.151. The van der Waals surface area contributed by atoms with E-state index in [9.17, 15) is 8.42 Å². The molecule has 0 bridgehead atoms. The van der Waals surface area contributed by atoms with E-state index in [2.05, 4.69) is 14.7 Å². The Balaban J connectivity index is 2.17. The highest BCUT2D eigenvalue weighted by molar-refractivity contribution is 7.91. The molecule has 0 radical (unpaired) electrons. The van der Waals surface area contributed by atoms with Crippen LogP contribution in [0.25, 0.3) is 0 Å². The first-order valence-electron chi connectivity index (χ1n) is 4.49. The molecule has 0 aliphatic heterocycles. The molecule has 9 heteroatoms. The predicted octanol–water partition coefficient (Wildman–Crippen LogP) is 2.04. The van der Waals surface area contributed by atoms with Gasteiger partial charge in [-0.25, -0.2) is 23.1 Å². The highest BCUT2D eigenvalue weighted by Crippen LogP contribution is 2.26. The van der Waals surface area contributed by atoms with Gasteiger partial charge in [-0.3, -0.25) is 0 Å². The first-order chi connectivity index (χ1) is 7.99. The summed E-state index contributed by atoms with van der Waals surface area (Å²) in [4.78, 5) is 7.87. The van der Waals surface area contributed by atoms with Crippen LogP contribution in [0.2, 0.25) is 4.47 Å². The predicted molar refractivity (Wildman–Crippen MR) is 68.0 cm³/mol. The molecule has 0 fully saturated rings. The van der Waals surface area contributed by atoms with Gasteiger partial charge in [0.05, 0.1) is 23.4 Å². The average Bonchev–Trinajstić information content (AvgIpc) is 2.85. The van der Waals surface area contributed by atoms with Gasteiger partial charge in [-0.2, -0.15) is 0 Å². The van der Waals surface area contributed by atoms with Gasteiger partial charge in [0.1, 0.15) is 0 Å². The van der Waals surface area contributed by atoms with Gasteiger partial charge in [0.2, 0.25) is 0 Å². The number of hydrogen-bond acceptors (Lipinski definition) is 6. The standard InChI is InChI=1S/C8H8ClN3O2S3/c1-5-7(16-8(9)12-5)17(13,14)11-2-6-3-15-4-10-6/h3-4,11H,2H2,1H3. The molecule has 2 aromatic heterocycles. The second-order valence-electron chi connectivity index (χ2n) is 3.14. The Bertz CT molecular complexity index is 606. The second kappa shape index (κ2) is 4.99. The number of rotatable bonds is 4. The third kappa shape index (κ3) is 3.02. The van der Waals surface area contributed by atoms with E-state index in [0.717, 1.165) is 11.3 Å². The van der Waals surface area contributed by atoms with Gasteiger partial charge in [-0.15, -0.1) is 11.3 Å². The smallest absolute Gasteiger partial charge is 0.248 e. The number of halogens is 1. The van der Waals surface area contributed by atoms with Gasteiger partial charge in [0.25, 0.3) is 10.0 Å². The maximum atomic E-state index is 11.9. The number of aromatic nitrogens is 2. The van der Waals surface area contributed by atoms with Crippen LogP contribution in [-0.2, 0) is 16.6 Å². The molecule has 0 spiro atoms. The van der Waals surface area contributed by atoms with Gasteiger partial charge in [-0.1, -0.05) is 22.9 Å². The van der Waals surface area contributed by atoms with E-state index in [1.54, 1.807) is 17.8 Å². The van der Waals surface area contributed by atoms with Crippen molar-refractivity contribution in [3.05, 3.63) is 26.7 Å². The molecule has 0 aliphatic rings. The number of aryl methyl sites for hydroxylation is 1. The topological polar surface area (TPSA) is 72.0 Å². The van der Waals surface area contributed by atoms with Crippen LogP contribution in [0.4, 0.5) is 0 Å². The summed E-state index contributed by atoms with van der Waals surface area (Å²) in [5.41, 5.74) is 2.75. The summed E-state index contributed by atoms with van der Waals surface area (Å²) in [6, 6.07) is 0. The number of thiazole rings is 2. The Labute approximate surface area is 112 Å². The molecule has 0 unspecified atom stereocenters. The quantitative estimate of drug-likeness (QED) is 0.938. The van der Waals surface area contributed by atoms with Gasteiger partial charge >= 0.3 is 0 Å². The molecule has 92 valence electrons. The Kier molecular flexibility index (Phi) is 3.79. The van der Waals surface area contributed by atoms with Gasteiger partial charge in [-0.05, 0) is 6.92 Å². The first kappa shape index (κ1) is 12.9. The molecule has 1 N–H and O–H groups in total. The lowest BCUT2D eigenvalue weighted by molar-refractivity contribution is 0.582. The van der Waals surface area contributed by atoms with Crippen molar-refractivity contribution in [3.8, 4) is 0 Å². The van der Waals surface area contributed by atoms with Crippen molar-refractivity contribution in [2.24, 2.45) is 0 Å². The summed E-state index contributed by atoms with van der Waals surface area (Å²) >= 11 is 8.04. The average molecular weight is 310 g/mol. The molecule has 0 saturated heterocycles. The number of hydrogen-bond donors (Lipinski definition) is 1. The van der Waals surface area contributed by atoms with E-state index in [4.69, 9.17) is 11.6 Å². The van der Waals surface area contributed by atoms with Crippen molar-refractivity contribution >= 4 is 44.3 Å². The second-order valence-corrected chi connectivity index (χ2v) is 7.41. The van der Waals surface area contributed by atoms with E-state index in [-0.39, 0.29) is 15.2 Å². The lowest BCUT2D eigenvalue weighted by Crippen LogP contribution is -2.23. The van der Waals surface area contributed by atoms with Crippen molar-refractivity contribution in [3.63, 3.8) is 0 Å². The molecule has 2 aromatic rings. The van der Waals surface area contributed by atoms with Crippen LogP contribution < -0.4 is 4.72 Å². The molecule has 0 saturated carbocycles. The van der Waals surface area contributed by atoms with Gasteiger partial charge in [0.15, 0.2) is 8.68 Å². The summed E-state index contributed by atoms with van der Waals surface area (Å²) in [7, 11) is -3.56. The lowest BCUT2D eigenvalue weighted by Gasteiger charge is -2.02. The van der Waals surface area contributed by atoms with Crippen LogP contribution >= 0.6 is 34.3 Å². The van der Waals surface area contributed by atoms with E-state index in [0.29, 0.717) is 11.4 Å². The maximum absolute atomic E-state index is 11.9. The fourth-order valence-corrected chi connectivity index (χ4v) is 4.50. The third-order valence-corrected chi connectivity index (χ3v) is 5.81. The van der Waals surface area contributed by atoms with Crippen LogP contribution in [0.15, 0.2) is 15.1 Å². The molecule has 0 amide bonds. The summed E-state index contributed by atoms with van der Waals surface area (Å²) < 4.78 is 26.7. The molecule has 5 nitrogen and oxygen atoms in total. The van der Waals surface area contributed by atoms with E-state index >= 15 is 0 Å². The summed E-state index contributed by atoms with van der Waals surface area (Å²) in [6.07, 6.45) is 0. The van der Waals surface area contributed by atoms with Crippen molar-refractivity contribution < 1.29 is 8.42 Å². The van der Waals surface area contributed by atoms with Crippen molar-refractivity contribution in [1.29, 1.82) is 0 Å². The van der Waals surface area contributed by atoms with Crippen LogP contribution in [0.3, 0.4) is 0 Å². The molecule has 2 rings (SSSR count). The Morgan fingerprint density at radius 1 is 1.53 bits per heavy atom. The van der Waals surface area contributed by atoms with Crippen LogP contribution in [0.5, 0.6) is 0 Å². The maximum Gasteiger partial charge on any atom is 0.252 e. The molecule has 0 aliphatic carbocycles. The summed E-state index contributed by atoms with van der Waals surface area (Å²) in [6.45, 7) is 1.78. The Morgan fingerprint density at radius 3 is 2.82 bits per heavy atom.